The van der Waals surface area contributed by atoms with E-state index in [1.807, 2.05) is 0 Å². The molecule has 4 rings (SSSR count). The number of carbonyl (C=O) groups is 2. The molecule has 0 radical (unpaired) electrons. The smallest absolute Gasteiger partial charge is 0.323 e. The lowest BCUT2D eigenvalue weighted by Gasteiger charge is -2.26. The Labute approximate surface area is 184 Å². The van der Waals surface area contributed by atoms with Crippen LogP contribution in [0.5, 0.6) is 0 Å². The van der Waals surface area contributed by atoms with Crippen LogP contribution in [-0.2, 0) is 25.5 Å². The first kappa shape index (κ1) is 21.6. The first-order chi connectivity index (χ1) is 14.7. The number of carbonyl (C=O) groups excluding carboxylic acids is 2. The van der Waals surface area contributed by atoms with E-state index in [2.05, 4.69) is 62.1 Å². The molecule has 0 atom stereocenters. The second-order valence-corrected chi connectivity index (χ2v) is 14.9. The van der Waals surface area contributed by atoms with E-state index >= 15 is 0 Å². The summed E-state index contributed by atoms with van der Waals surface area (Å²) < 4.78 is 10.2. The summed E-state index contributed by atoms with van der Waals surface area (Å²) in [5.41, 5.74) is 3.63. The molecule has 0 heterocycles. The second kappa shape index (κ2) is 7.79. The summed E-state index contributed by atoms with van der Waals surface area (Å²) in [5, 5.41) is 3.92. The van der Waals surface area contributed by atoms with E-state index in [0.717, 1.165) is 12.8 Å². The lowest BCUT2D eigenvalue weighted by atomic mass is 9.83. The van der Waals surface area contributed by atoms with Gasteiger partial charge in [0.2, 0.25) is 0 Å². The van der Waals surface area contributed by atoms with Gasteiger partial charge >= 0.3 is 11.9 Å². The molecule has 31 heavy (non-hydrogen) atoms. The van der Waals surface area contributed by atoms with Crippen molar-refractivity contribution in [2.24, 2.45) is 5.41 Å². The molecular weight excluding hydrogens is 404 g/mol. The van der Waals surface area contributed by atoms with Crippen LogP contribution in [0, 0.1) is 5.41 Å². The maximum atomic E-state index is 12.8. The molecule has 2 aromatic rings. The molecule has 0 saturated heterocycles. The maximum absolute atomic E-state index is 12.8. The summed E-state index contributed by atoms with van der Waals surface area (Å²) in [6.45, 7) is 7.07. The minimum atomic E-state index is -1.65. The van der Waals surface area contributed by atoms with Crippen molar-refractivity contribution in [3.8, 4) is 0 Å². The first-order valence-electron chi connectivity index (χ1n) is 10.8. The van der Waals surface area contributed by atoms with Crippen LogP contribution in [0.2, 0.25) is 19.6 Å². The average molecular weight is 435 g/mol. The molecular formula is C26H30O4Si. The van der Waals surface area contributed by atoms with Gasteiger partial charge in [0, 0.05) is 0 Å². The Balaban J connectivity index is 1.89. The van der Waals surface area contributed by atoms with Gasteiger partial charge in [0.1, 0.15) is 0 Å². The van der Waals surface area contributed by atoms with Gasteiger partial charge < -0.3 is 9.47 Å². The van der Waals surface area contributed by atoms with Gasteiger partial charge in [-0.2, -0.15) is 0 Å². The highest BCUT2D eigenvalue weighted by molar-refractivity contribution is 6.83. The van der Waals surface area contributed by atoms with E-state index in [1.54, 1.807) is 0 Å². The predicted molar refractivity (Wildman–Crippen MR) is 126 cm³/mol. The third-order valence-electron chi connectivity index (χ3n) is 6.83. The van der Waals surface area contributed by atoms with Gasteiger partial charge in [-0.1, -0.05) is 78.5 Å². The van der Waals surface area contributed by atoms with Crippen LogP contribution in [0.15, 0.2) is 52.7 Å². The Hall–Kier alpha value is -2.66. The number of esters is 2. The van der Waals surface area contributed by atoms with Crippen LogP contribution in [-0.4, -0.2) is 34.2 Å². The van der Waals surface area contributed by atoms with Gasteiger partial charge in [0.15, 0.2) is 5.41 Å². The minimum Gasteiger partial charge on any atom is -0.468 e. The number of methoxy groups -OCH3 is 2. The number of ether oxygens (including phenoxy) is 2. The SMILES string of the molecule is COC(=O)C1(C(=O)OC)CC2=C(Cc3ccc4ccccc4c3/C=C(/[Si](C)(C)C)C2)C1. The van der Waals surface area contributed by atoms with Crippen LogP contribution in [0.3, 0.4) is 0 Å². The minimum absolute atomic E-state index is 0.368. The normalized spacial score (nSPS) is 19.6. The molecule has 162 valence electrons. The number of rotatable bonds is 3. The molecule has 5 heteroatoms. The second-order valence-electron chi connectivity index (χ2n) is 9.76. The largest absolute Gasteiger partial charge is 0.468 e. The van der Waals surface area contributed by atoms with Gasteiger partial charge in [0.25, 0.3) is 0 Å². The van der Waals surface area contributed by atoms with E-state index in [1.165, 1.54) is 52.5 Å². The molecule has 2 aliphatic rings. The molecule has 0 N–H and O–H groups in total. The molecule has 0 aliphatic heterocycles. The van der Waals surface area contributed by atoms with Crippen molar-refractivity contribution in [2.75, 3.05) is 14.2 Å². The molecule has 0 amide bonds. The summed E-state index contributed by atoms with van der Waals surface area (Å²) in [5.74, 6) is -0.994. The van der Waals surface area contributed by atoms with Crippen LogP contribution >= 0.6 is 0 Å². The molecule has 0 spiro atoms. The summed E-state index contributed by atoms with van der Waals surface area (Å²) in [6.07, 6.45) is 4.69. The zero-order valence-corrected chi connectivity index (χ0v) is 20.0. The fraction of sp³-hybridized carbons (Fsp3) is 0.385. The average Bonchev–Trinajstić information content (AvgIpc) is 3.09. The third kappa shape index (κ3) is 3.65. The molecule has 0 unspecified atom stereocenters. The number of hydrogen-bond acceptors (Lipinski definition) is 4. The Morgan fingerprint density at radius 1 is 0.871 bits per heavy atom. The monoisotopic (exact) mass is 434 g/mol. The van der Waals surface area contributed by atoms with Crippen LogP contribution in [0.4, 0.5) is 0 Å². The number of hydrogen-bond donors (Lipinski definition) is 0. The zero-order chi connectivity index (χ0) is 22.4. The summed E-state index contributed by atoms with van der Waals surface area (Å²) >= 11 is 0. The van der Waals surface area contributed by atoms with E-state index < -0.39 is 25.4 Å². The fourth-order valence-corrected chi connectivity index (χ4v) is 6.33. The van der Waals surface area contributed by atoms with E-state index in [0.29, 0.717) is 12.8 Å². The molecule has 4 nitrogen and oxygen atoms in total. The third-order valence-corrected chi connectivity index (χ3v) is 9.08. The molecule has 0 bridgehead atoms. The standard InChI is InChI=1S/C26H30O4Si/c1-29-24(27)26(25(28)30-2)15-19-12-18-11-10-17-8-6-7-9-22(17)23(18)14-21(31(3,4)5)13-20(19)16-26/h6-11,14H,12-13,15-16H2,1-5H3/b21-14+. The van der Waals surface area contributed by atoms with Crippen molar-refractivity contribution in [1.29, 1.82) is 0 Å². The van der Waals surface area contributed by atoms with Crippen molar-refractivity contribution < 1.29 is 19.1 Å². The van der Waals surface area contributed by atoms with Crippen LogP contribution < -0.4 is 0 Å². The molecule has 2 aromatic carbocycles. The molecule has 0 fully saturated rings. The topological polar surface area (TPSA) is 52.6 Å². The number of allylic oxidation sites excluding steroid dienone is 3. The lowest BCUT2D eigenvalue weighted by molar-refractivity contribution is -0.168. The Morgan fingerprint density at radius 3 is 2.10 bits per heavy atom. The summed E-state index contributed by atoms with van der Waals surface area (Å²) in [7, 11) is 1.04. The summed E-state index contributed by atoms with van der Waals surface area (Å²) in [6, 6.07) is 12.9. The molecule has 0 aromatic heterocycles. The molecule has 0 saturated carbocycles. The maximum Gasteiger partial charge on any atom is 0.323 e. The van der Waals surface area contributed by atoms with E-state index in [4.69, 9.17) is 9.47 Å². The van der Waals surface area contributed by atoms with Gasteiger partial charge in [-0.3, -0.25) is 9.59 Å². The Morgan fingerprint density at radius 2 is 1.48 bits per heavy atom. The van der Waals surface area contributed by atoms with E-state index in [9.17, 15) is 9.59 Å². The van der Waals surface area contributed by atoms with Crippen molar-refractivity contribution in [1.82, 2.24) is 0 Å². The summed E-state index contributed by atoms with van der Waals surface area (Å²) in [4.78, 5) is 25.6. The van der Waals surface area contributed by atoms with Crippen molar-refractivity contribution >= 4 is 36.9 Å². The van der Waals surface area contributed by atoms with Gasteiger partial charge in [-0.25, -0.2) is 0 Å². The van der Waals surface area contributed by atoms with Crippen LogP contribution in [0.1, 0.15) is 30.4 Å². The van der Waals surface area contributed by atoms with Gasteiger partial charge in [-0.15, -0.1) is 0 Å². The first-order valence-corrected chi connectivity index (χ1v) is 14.3. The molecule has 2 aliphatic carbocycles. The highest BCUT2D eigenvalue weighted by Gasteiger charge is 2.53. The fourth-order valence-electron chi connectivity index (χ4n) is 5.01. The Bertz CT molecular complexity index is 1120. The van der Waals surface area contributed by atoms with Crippen molar-refractivity contribution in [3.63, 3.8) is 0 Å². The highest BCUT2D eigenvalue weighted by atomic mass is 28.3. The van der Waals surface area contributed by atoms with Gasteiger partial charge in [-0.05, 0) is 47.6 Å². The lowest BCUT2D eigenvalue weighted by Crippen LogP contribution is -2.39. The highest BCUT2D eigenvalue weighted by Crippen LogP contribution is 2.49. The zero-order valence-electron chi connectivity index (χ0n) is 19.0. The predicted octanol–water partition coefficient (Wildman–Crippen LogP) is 5.47. The van der Waals surface area contributed by atoms with Crippen molar-refractivity contribution in [2.45, 2.75) is 45.3 Å². The van der Waals surface area contributed by atoms with Crippen LogP contribution in [0.25, 0.3) is 16.8 Å². The Kier molecular flexibility index (Phi) is 5.42. The van der Waals surface area contributed by atoms with Crippen molar-refractivity contribution in [3.05, 3.63) is 63.9 Å². The number of benzene rings is 2. The quantitative estimate of drug-likeness (QED) is 0.278. The number of fused-ring (bicyclic) bond motifs is 3. The van der Waals surface area contributed by atoms with Gasteiger partial charge in [0.05, 0.1) is 22.3 Å². The van der Waals surface area contributed by atoms with E-state index in [-0.39, 0.29) is 0 Å².